The highest BCUT2D eigenvalue weighted by atomic mass is 16.4. The summed E-state index contributed by atoms with van der Waals surface area (Å²) < 4.78 is 0. The summed E-state index contributed by atoms with van der Waals surface area (Å²) in [5.74, 6) is 2.11. The first-order chi connectivity index (χ1) is 17.3. The van der Waals surface area contributed by atoms with Crippen molar-refractivity contribution in [3.63, 3.8) is 0 Å². The molecule has 4 nitrogen and oxygen atoms in total. The summed E-state index contributed by atoms with van der Waals surface area (Å²) in [4.78, 5) is 11.4. The van der Waals surface area contributed by atoms with Gasteiger partial charge < -0.3 is 15.3 Å². The van der Waals surface area contributed by atoms with Gasteiger partial charge in [0.1, 0.15) is 5.75 Å². The number of aliphatic hydroxyl groups is 1. The Morgan fingerprint density at radius 3 is 2.50 bits per heavy atom. The molecule has 0 spiro atoms. The molecule has 0 radical (unpaired) electrons. The fourth-order valence-corrected chi connectivity index (χ4v) is 8.48. The molecule has 0 saturated heterocycles. The molecule has 1 aromatic rings. The second kappa shape index (κ2) is 12.3. The van der Waals surface area contributed by atoms with E-state index in [-0.39, 0.29) is 17.4 Å². The zero-order valence-electron chi connectivity index (χ0n) is 22.8. The number of aryl methyl sites for hydroxylation is 1. The number of carboxylic acids is 1. The van der Waals surface area contributed by atoms with Gasteiger partial charge in [-0.05, 0) is 104 Å². The van der Waals surface area contributed by atoms with Crippen LogP contribution in [0.3, 0.4) is 0 Å². The zero-order chi connectivity index (χ0) is 25.7. The second-order valence-electron chi connectivity index (χ2n) is 12.7. The number of unbranched alkanes of at least 4 members (excludes halogenated alkanes) is 6. The summed E-state index contributed by atoms with van der Waals surface area (Å²) in [6.45, 7) is 4.49. The quantitative estimate of drug-likeness (QED) is 0.242. The number of phenolic OH excluding ortho intramolecular Hbond substituents is 1. The van der Waals surface area contributed by atoms with Crippen molar-refractivity contribution in [1.29, 1.82) is 0 Å². The van der Waals surface area contributed by atoms with Gasteiger partial charge in [-0.15, -0.1) is 0 Å². The van der Waals surface area contributed by atoms with Crippen LogP contribution in [0.5, 0.6) is 5.75 Å². The Kier molecular flexibility index (Phi) is 9.41. The molecule has 3 N–H and O–H groups in total. The third-order valence-electron chi connectivity index (χ3n) is 10.4. The Labute approximate surface area is 218 Å². The Morgan fingerprint density at radius 2 is 1.75 bits per heavy atom. The van der Waals surface area contributed by atoms with Gasteiger partial charge in [0.25, 0.3) is 0 Å². The minimum absolute atomic E-state index is 0.0682. The molecule has 3 aliphatic carbocycles. The van der Waals surface area contributed by atoms with E-state index in [2.05, 4.69) is 19.9 Å². The second-order valence-corrected chi connectivity index (χ2v) is 12.7. The number of fused-ring (bicyclic) bond motifs is 5. The van der Waals surface area contributed by atoms with Crippen LogP contribution in [0.15, 0.2) is 18.2 Å². The summed E-state index contributed by atoms with van der Waals surface area (Å²) in [6.07, 6.45) is 17.4. The smallest absolute Gasteiger partial charge is 0.306 e. The number of hydrogen-bond donors (Lipinski definition) is 3. The first-order valence-corrected chi connectivity index (χ1v) is 15.1. The number of phenols is 1. The van der Waals surface area contributed by atoms with Gasteiger partial charge >= 0.3 is 5.97 Å². The largest absolute Gasteiger partial charge is 0.508 e. The SMILES string of the molecule is CCCCC(CCCCCCCC[C@H]1C[C@@]2(C)C(CC[C@@H]2O)C2CCc3cc(O)ccc3C21)C(=O)O. The maximum atomic E-state index is 11.4. The monoisotopic (exact) mass is 498 g/mol. The first-order valence-electron chi connectivity index (χ1n) is 15.1. The number of aromatic hydroxyl groups is 1. The lowest BCUT2D eigenvalue weighted by molar-refractivity contribution is -0.142. The molecule has 4 rings (SSSR count). The third kappa shape index (κ3) is 5.95. The van der Waals surface area contributed by atoms with Gasteiger partial charge in [-0.1, -0.05) is 71.3 Å². The van der Waals surface area contributed by atoms with E-state index in [1.807, 2.05) is 12.1 Å². The Balaban J connectivity index is 1.28. The van der Waals surface area contributed by atoms with Gasteiger partial charge in [0, 0.05) is 0 Å². The van der Waals surface area contributed by atoms with E-state index in [1.54, 1.807) is 0 Å². The molecule has 0 heterocycles. The van der Waals surface area contributed by atoms with Crippen LogP contribution in [0.1, 0.15) is 127 Å². The third-order valence-corrected chi connectivity index (χ3v) is 10.4. The molecule has 4 heteroatoms. The lowest BCUT2D eigenvalue weighted by atomic mass is 9.51. The van der Waals surface area contributed by atoms with Crippen LogP contribution >= 0.6 is 0 Å². The highest BCUT2D eigenvalue weighted by Gasteiger charge is 2.57. The minimum atomic E-state index is -0.614. The highest BCUT2D eigenvalue weighted by Crippen LogP contribution is 2.63. The van der Waals surface area contributed by atoms with Crippen molar-refractivity contribution < 1.29 is 20.1 Å². The van der Waals surface area contributed by atoms with Crippen LogP contribution in [-0.2, 0) is 11.2 Å². The molecule has 2 fully saturated rings. The van der Waals surface area contributed by atoms with E-state index < -0.39 is 5.97 Å². The van der Waals surface area contributed by atoms with Gasteiger partial charge in [0.15, 0.2) is 0 Å². The van der Waals surface area contributed by atoms with E-state index in [4.69, 9.17) is 0 Å². The van der Waals surface area contributed by atoms with Crippen molar-refractivity contribution in [2.45, 2.75) is 129 Å². The first kappa shape index (κ1) is 27.5. The maximum absolute atomic E-state index is 11.4. The Bertz CT molecular complexity index is 866. The summed E-state index contributed by atoms with van der Waals surface area (Å²) >= 11 is 0. The van der Waals surface area contributed by atoms with Crippen molar-refractivity contribution in [2.75, 3.05) is 0 Å². The lowest BCUT2D eigenvalue weighted by Crippen LogP contribution is -2.47. The van der Waals surface area contributed by atoms with Gasteiger partial charge in [-0.2, -0.15) is 0 Å². The highest BCUT2D eigenvalue weighted by molar-refractivity contribution is 5.69. The van der Waals surface area contributed by atoms with E-state index in [0.717, 1.165) is 57.8 Å². The predicted octanol–water partition coefficient (Wildman–Crippen LogP) is 7.85. The number of carbonyl (C=O) groups is 1. The fraction of sp³-hybridized carbons (Fsp3) is 0.781. The standard InChI is InChI=1S/C32H50O4/c1-3-4-11-22(31(35)36)12-9-7-5-6-8-10-13-24-21-32(2)28(18-19-29(32)34)27-16-14-23-20-25(33)15-17-26(23)30(24)27/h15,17,20,22,24,27-30,33-34H,3-14,16,18-19,21H2,1-2H3,(H,35,36)/t22?,24-,27?,28?,29-,30?,32-/m0/s1. The molecule has 3 aliphatic rings. The molecule has 7 atom stereocenters. The molecular formula is C32H50O4. The van der Waals surface area contributed by atoms with Crippen LogP contribution in [0, 0.1) is 29.1 Å². The number of rotatable bonds is 13. The predicted molar refractivity (Wildman–Crippen MR) is 145 cm³/mol. The number of carboxylic acid groups (broad SMARTS) is 1. The Hall–Kier alpha value is -1.55. The van der Waals surface area contributed by atoms with Gasteiger partial charge in [-0.25, -0.2) is 0 Å². The van der Waals surface area contributed by atoms with E-state index >= 15 is 0 Å². The van der Waals surface area contributed by atoms with Crippen molar-refractivity contribution in [3.8, 4) is 5.75 Å². The summed E-state index contributed by atoms with van der Waals surface area (Å²) in [5.41, 5.74) is 2.90. The number of benzene rings is 1. The van der Waals surface area contributed by atoms with Crippen molar-refractivity contribution in [3.05, 3.63) is 29.3 Å². The van der Waals surface area contributed by atoms with Crippen LogP contribution in [0.4, 0.5) is 0 Å². The van der Waals surface area contributed by atoms with Crippen molar-refractivity contribution in [2.24, 2.45) is 29.1 Å². The molecule has 0 aromatic heterocycles. The average molecular weight is 499 g/mol. The van der Waals surface area contributed by atoms with E-state index in [1.165, 1.54) is 56.1 Å². The van der Waals surface area contributed by atoms with Gasteiger partial charge in [0.2, 0.25) is 0 Å². The topological polar surface area (TPSA) is 77.8 Å². The molecule has 1 aromatic carbocycles. The lowest BCUT2D eigenvalue weighted by Gasteiger charge is -2.54. The van der Waals surface area contributed by atoms with Gasteiger partial charge in [-0.3, -0.25) is 4.79 Å². The molecular weight excluding hydrogens is 448 g/mol. The van der Waals surface area contributed by atoms with E-state index in [9.17, 15) is 20.1 Å². The normalized spacial score (nSPS) is 31.9. The molecule has 0 aliphatic heterocycles. The van der Waals surface area contributed by atoms with Crippen LogP contribution < -0.4 is 0 Å². The van der Waals surface area contributed by atoms with Crippen molar-refractivity contribution >= 4 is 5.97 Å². The van der Waals surface area contributed by atoms with Crippen LogP contribution in [-0.4, -0.2) is 27.4 Å². The summed E-state index contributed by atoms with van der Waals surface area (Å²) in [7, 11) is 0. The Morgan fingerprint density at radius 1 is 1.03 bits per heavy atom. The average Bonchev–Trinajstić information content (AvgIpc) is 3.15. The number of aliphatic carboxylic acids is 1. The summed E-state index contributed by atoms with van der Waals surface area (Å²) in [6, 6.07) is 6.08. The number of aliphatic hydroxyl groups excluding tert-OH is 1. The zero-order valence-corrected chi connectivity index (χ0v) is 22.8. The molecule has 36 heavy (non-hydrogen) atoms. The molecule has 2 saturated carbocycles. The molecule has 0 amide bonds. The summed E-state index contributed by atoms with van der Waals surface area (Å²) in [5, 5.41) is 30.5. The molecule has 0 bridgehead atoms. The molecule has 202 valence electrons. The van der Waals surface area contributed by atoms with Gasteiger partial charge in [0.05, 0.1) is 12.0 Å². The minimum Gasteiger partial charge on any atom is -0.508 e. The van der Waals surface area contributed by atoms with Crippen molar-refractivity contribution in [1.82, 2.24) is 0 Å². The van der Waals surface area contributed by atoms with Crippen LogP contribution in [0.2, 0.25) is 0 Å². The maximum Gasteiger partial charge on any atom is 0.306 e. The van der Waals surface area contributed by atoms with E-state index in [0.29, 0.717) is 29.4 Å². The molecule has 4 unspecified atom stereocenters. The number of hydrogen-bond acceptors (Lipinski definition) is 3. The fourth-order valence-electron chi connectivity index (χ4n) is 8.48. The van der Waals surface area contributed by atoms with Crippen LogP contribution in [0.25, 0.3) is 0 Å².